The van der Waals surface area contributed by atoms with Crippen LogP contribution in [-0.4, -0.2) is 23.1 Å². The largest absolute Gasteiger partial charge is 0.316 e. The third kappa shape index (κ3) is 1.65. The van der Waals surface area contributed by atoms with E-state index in [1.807, 2.05) is 12.4 Å². The smallest absolute Gasteiger partial charge is 0.0617 e. The van der Waals surface area contributed by atoms with Gasteiger partial charge in [-0.15, -0.1) is 0 Å². The summed E-state index contributed by atoms with van der Waals surface area (Å²) in [6.45, 7) is 2.41. The average molecular weight is 203 g/mol. The Labute approximate surface area is 90.3 Å². The molecule has 2 fully saturated rings. The summed E-state index contributed by atoms with van der Waals surface area (Å²) in [6.07, 6.45) is 10.8. The molecule has 1 aliphatic heterocycles. The SMILES string of the molecule is c1cnc(C2CCC3(CCNC3)C2)cn1. The van der Waals surface area contributed by atoms with Crippen LogP contribution in [0.25, 0.3) is 0 Å². The first-order valence-electron chi connectivity index (χ1n) is 5.85. The summed E-state index contributed by atoms with van der Waals surface area (Å²) >= 11 is 0. The summed E-state index contributed by atoms with van der Waals surface area (Å²) in [5, 5.41) is 3.49. The molecule has 1 aromatic rings. The van der Waals surface area contributed by atoms with Crippen molar-refractivity contribution in [3.05, 3.63) is 24.3 Å². The summed E-state index contributed by atoms with van der Waals surface area (Å²) in [7, 11) is 0. The van der Waals surface area contributed by atoms with Crippen LogP contribution in [0.1, 0.15) is 37.3 Å². The molecule has 3 heteroatoms. The molecule has 1 saturated heterocycles. The van der Waals surface area contributed by atoms with Gasteiger partial charge in [0.2, 0.25) is 0 Å². The first kappa shape index (κ1) is 9.28. The highest BCUT2D eigenvalue weighted by molar-refractivity contribution is 5.10. The van der Waals surface area contributed by atoms with Gasteiger partial charge in [0.05, 0.1) is 5.69 Å². The van der Waals surface area contributed by atoms with Crippen molar-refractivity contribution in [3.63, 3.8) is 0 Å². The number of nitrogens with one attached hydrogen (secondary N) is 1. The predicted molar refractivity (Wildman–Crippen MR) is 58.5 cm³/mol. The molecule has 0 amide bonds. The second-order valence-corrected chi connectivity index (χ2v) is 5.00. The van der Waals surface area contributed by atoms with Crippen molar-refractivity contribution in [3.8, 4) is 0 Å². The van der Waals surface area contributed by atoms with Crippen LogP contribution in [0.2, 0.25) is 0 Å². The Balaban J connectivity index is 1.76. The minimum atomic E-state index is 0.586. The Morgan fingerprint density at radius 1 is 1.33 bits per heavy atom. The van der Waals surface area contributed by atoms with E-state index in [-0.39, 0.29) is 0 Å². The van der Waals surface area contributed by atoms with Crippen molar-refractivity contribution in [1.29, 1.82) is 0 Å². The van der Waals surface area contributed by atoms with Crippen molar-refractivity contribution in [2.24, 2.45) is 5.41 Å². The van der Waals surface area contributed by atoms with Gasteiger partial charge in [-0.3, -0.25) is 9.97 Å². The minimum Gasteiger partial charge on any atom is -0.316 e. The van der Waals surface area contributed by atoms with E-state index in [1.165, 1.54) is 44.5 Å². The van der Waals surface area contributed by atoms with Crippen molar-refractivity contribution < 1.29 is 0 Å². The second kappa shape index (κ2) is 3.56. The van der Waals surface area contributed by atoms with Gasteiger partial charge in [0.15, 0.2) is 0 Å². The molecule has 2 aliphatic rings. The van der Waals surface area contributed by atoms with E-state index in [1.54, 1.807) is 6.20 Å². The third-order valence-corrected chi connectivity index (χ3v) is 4.04. The number of aromatic nitrogens is 2. The van der Waals surface area contributed by atoms with Gasteiger partial charge < -0.3 is 5.32 Å². The normalized spacial score (nSPS) is 35.1. The monoisotopic (exact) mass is 203 g/mol. The topological polar surface area (TPSA) is 37.8 Å². The van der Waals surface area contributed by atoms with E-state index in [9.17, 15) is 0 Å². The molecule has 15 heavy (non-hydrogen) atoms. The fourth-order valence-electron chi connectivity index (χ4n) is 3.16. The molecule has 2 atom stereocenters. The Morgan fingerprint density at radius 2 is 2.33 bits per heavy atom. The van der Waals surface area contributed by atoms with Gasteiger partial charge in [-0.25, -0.2) is 0 Å². The molecule has 0 radical (unpaired) electrons. The number of hydrogen-bond donors (Lipinski definition) is 1. The number of rotatable bonds is 1. The molecular formula is C12H17N3. The van der Waals surface area contributed by atoms with Gasteiger partial charge in [-0.2, -0.15) is 0 Å². The Morgan fingerprint density at radius 3 is 3.07 bits per heavy atom. The van der Waals surface area contributed by atoms with Crippen LogP contribution in [0.5, 0.6) is 0 Å². The highest BCUT2D eigenvalue weighted by Gasteiger charge is 2.41. The van der Waals surface area contributed by atoms with E-state index >= 15 is 0 Å². The van der Waals surface area contributed by atoms with E-state index in [2.05, 4.69) is 15.3 Å². The average Bonchev–Trinajstić information content (AvgIpc) is 2.91. The first-order valence-corrected chi connectivity index (χ1v) is 5.85. The fraction of sp³-hybridized carbons (Fsp3) is 0.667. The molecule has 0 aromatic carbocycles. The molecule has 3 rings (SSSR count). The Kier molecular flexibility index (Phi) is 2.20. The summed E-state index contributed by atoms with van der Waals surface area (Å²) in [4.78, 5) is 8.60. The molecular weight excluding hydrogens is 186 g/mol. The first-order chi connectivity index (χ1) is 7.38. The van der Waals surface area contributed by atoms with Crippen LogP contribution < -0.4 is 5.32 Å². The summed E-state index contributed by atoms with van der Waals surface area (Å²) in [6, 6.07) is 0. The van der Waals surface area contributed by atoms with E-state index in [0.29, 0.717) is 11.3 Å². The van der Waals surface area contributed by atoms with Gasteiger partial charge in [-0.1, -0.05) is 0 Å². The molecule has 1 aromatic heterocycles. The molecule has 2 unspecified atom stereocenters. The number of nitrogens with zero attached hydrogens (tertiary/aromatic N) is 2. The Hall–Kier alpha value is -0.960. The zero-order valence-corrected chi connectivity index (χ0v) is 8.95. The highest BCUT2D eigenvalue weighted by Crippen LogP contribution is 2.49. The van der Waals surface area contributed by atoms with E-state index in [0.717, 1.165) is 0 Å². The maximum absolute atomic E-state index is 4.43. The maximum atomic E-state index is 4.43. The predicted octanol–water partition coefficient (Wildman–Crippen LogP) is 1.72. The van der Waals surface area contributed by atoms with Gasteiger partial charge in [0, 0.05) is 31.1 Å². The third-order valence-electron chi connectivity index (χ3n) is 4.04. The van der Waals surface area contributed by atoms with Gasteiger partial charge in [0.25, 0.3) is 0 Å². The highest BCUT2D eigenvalue weighted by atomic mass is 14.9. The van der Waals surface area contributed by atoms with Crippen molar-refractivity contribution >= 4 is 0 Å². The van der Waals surface area contributed by atoms with E-state index in [4.69, 9.17) is 0 Å². The van der Waals surface area contributed by atoms with Crippen molar-refractivity contribution in [2.45, 2.75) is 31.6 Å². The van der Waals surface area contributed by atoms with Crippen molar-refractivity contribution in [2.75, 3.05) is 13.1 Å². The fourth-order valence-corrected chi connectivity index (χ4v) is 3.16. The standard InChI is InChI=1S/C12H17N3/c1-2-12(3-4-14-9-12)7-10(1)11-8-13-5-6-15-11/h5-6,8,10,14H,1-4,7,9H2. The van der Waals surface area contributed by atoms with Crippen molar-refractivity contribution in [1.82, 2.24) is 15.3 Å². The maximum Gasteiger partial charge on any atom is 0.0617 e. The molecule has 2 heterocycles. The lowest BCUT2D eigenvalue weighted by Crippen LogP contribution is -2.20. The van der Waals surface area contributed by atoms with Crippen LogP contribution >= 0.6 is 0 Å². The molecule has 0 bridgehead atoms. The van der Waals surface area contributed by atoms with Crippen LogP contribution in [-0.2, 0) is 0 Å². The quantitative estimate of drug-likeness (QED) is 0.755. The summed E-state index contributed by atoms with van der Waals surface area (Å²) < 4.78 is 0. The second-order valence-electron chi connectivity index (χ2n) is 5.00. The van der Waals surface area contributed by atoms with Crippen LogP contribution in [0, 0.1) is 5.41 Å². The lowest BCUT2D eigenvalue weighted by atomic mass is 9.84. The zero-order chi connectivity index (χ0) is 10.1. The molecule has 1 spiro atoms. The van der Waals surface area contributed by atoms with Crippen LogP contribution in [0.15, 0.2) is 18.6 Å². The van der Waals surface area contributed by atoms with Gasteiger partial charge in [0.1, 0.15) is 0 Å². The summed E-state index contributed by atoms with van der Waals surface area (Å²) in [5.74, 6) is 0.651. The van der Waals surface area contributed by atoms with Crippen LogP contribution in [0.3, 0.4) is 0 Å². The summed E-state index contributed by atoms with van der Waals surface area (Å²) in [5.41, 5.74) is 1.78. The Bertz CT molecular complexity index is 330. The van der Waals surface area contributed by atoms with Gasteiger partial charge in [-0.05, 0) is 37.6 Å². The number of hydrogen-bond acceptors (Lipinski definition) is 3. The van der Waals surface area contributed by atoms with Gasteiger partial charge >= 0.3 is 0 Å². The molecule has 1 saturated carbocycles. The zero-order valence-electron chi connectivity index (χ0n) is 8.95. The van der Waals surface area contributed by atoms with E-state index < -0.39 is 0 Å². The van der Waals surface area contributed by atoms with Crippen LogP contribution in [0.4, 0.5) is 0 Å². The molecule has 80 valence electrons. The lowest BCUT2D eigenvalue weighted by Gasteiger charge is -2.21. The molecule has 1 N–H and O–H groups in total. The lowest BCUT2D eigenvalue weighted by molar-refractivity contribution is 0.331. The molecule has 1 aliphatic carbocycles. The minimum absolute atomic E-state index is 0.586. The molecule has 3 nitrogen and oxygen atoms in total.